The van der Waals surface area contributed by atoms with Crippen LogP contribution in [0, 0.1) is 39.9 Å². The third kappa shape index (κ3) is 2.84. The van der Waals surface area contributed by atoms with Crippen LogP contribution in [0.5, 0.6) is 0 Å². The van der Waals surface area contributed by atoms with Gasteiger partial charge in [-0.05, 0) is 24.6 Å². The zero-order valence-corrected chi connectivity index (χ0v) is 9.77. The summed E-state index contributed by atoms with van der Waals surface area (Å²) < 4.78 is 0. The fraction of sp³-hybridized carbons (Fsp3) is 0.231. The Bertz CT molecular complexity index is 586. The van der Waals surface area contributed by atoms with E-state index in [4.69, 9.17) is 15.8 Å². The Morgan fingerprint density at radius 2 is 1.94 bits per heavy atom. The highest BCUT2D eigenvalue weighted by atomic mass is 16.1. The molecule has 18 heavy (non-hydrogen) atoms. The van der Waals surface area contributed by atoms with Crippen LogP contribution in [0.2, 0.25) is 0 Å². The predicted octanol–water partition coefficient (Wildman–Crippen LogP) is 1.92. The summed E-state index contributed by atoms with van der Waals surface area (Å²) in [5, 5.41) is 28.9. The Labute approximate surface area is 105 Å². The van der Waals surface area contributed by atoms with Gasteiger partial charge in [0.1, 0.15) is 18.1 Å². The molecule has 1 aromatic rings. The van der Waals surface area contributed by atoms with Gasteiger partial charge in [0.15, 0.2) is 0 Å². The van der Waals surface area contributed by atoms with E-state index >= 15 is 0 Å². The molecule has 0 aliphatic heterocycles. The standard InChI is InChI=1S/C13H10N4O/c1-2-9(6-14)13(18)17-12-4-3-10(7-15)11(5-12)8-16/h3-5,9H,2H2,1H3,(H,17,18). The van der Waals surface area contributed by atoms with Gasteiger partial charge in [-0.2, -0.15) is 15.8 Å². The molecule has 1 N–H and O–H groups in total. The van der Waals surface area contributed by atoms with Crippen molar-refractivity contribution in [1.82, 2.24) is 0 Å². The molecule has 0 bridgehead atoms. The van der Waals surface area contributed by atoms with Gasteiger partial charge in [0.2, 0.25) is 5.91 Å². The molecule has 0 heterocycles. The number of benzene rings is 1. The Hall–Kier alpha value is -2.84. The minimum absolute atomic E-state index is 0.195. The third-order valence-electron chi connectivity index (χ3n) is 2.41. The number of carbonyl (C=O) groups excluding carboxylic acids is 1. The first kappa shape index (κ1) is 13.2. The summed E-state index contributed by atoms with van der Waals surface area (Å²) in [6.45, 7) is 1.74. The van der Waals surface area contributed by atoms with Crippen LogP contribution in [0.1, 0.15) is 24.5 Å². The van der Waals surface area contributed by atoms with Crippen molar-refractivity contribution in [2.75, 3.05) is 5.32 Å². The zero-order chi connectivity index (χ0) is 13.5. The highest BCUT2D eigenvalue weighted by molar-refractivity contribution is 5.94. The van der Waals surface area contributed by atoms with E-state index < -0.39 is 11.8 Å². The van der Waals surface area contributed by atoms with Gasteiger partial charge < -0.3 is 5.32 Å². The molecule has 0 radical (unpaired) electrons. The number of amides is 1. The van der Waals surface area contributed by atoms with E-state index in [0.717, 1.165) is 0 Å². The van der Waals surface area contributed by atoms with Crippen LogP contribution in [0.3, 0.4) is 0 Å². The van der Waals surface area contributed by atoms with Gasteiger partial charge in [0.25, 0.3) is 0 Å². The number of hydrogen-bond acceptors (Lipinski definition) is 4. The van der Waals surface area contributed by atoms with Crippen LogP contribution < -0.4 is 5.32 Å². The molecule has 0 aromatic heterocycles. The third-order valence-corrected chi connectivity index (χ3v) is 2.41. The lowest BCUT2D eigenvalue weighted by Crippen LogP contribution is -2.20. The summed E-state index contributed by atoms with van der Waals surface area (Å²) in [4.78, 5) is 11.6. The number of nitriles is 3. The van der Waals surface area contributed by atoms with Crippen LogP contribution in [-0.2, 0) is 4.79 Å². The zero-order valence-electron chi connectivity index (χ0n) is 9.77. The Morgan fingerprint density at radius 3 is 2.44 bits per heavy atom. The second-order valence-electron chi connectivity index (χ2n) is 3.56. The number of rotatable bonds is 3. The average Bonchev–Trinajstić information content (AvgIpc) is 2.40. The fourth-order valence-electron chi connectivity index (χ4n) is 1.38. The summed E-state index contributed by atoms with van der Waals surface area (Å²) in [6.07, 6.45) is 0.420. The van der Waals surface area contributed by atoms with Crippen LogP contribution in [-0.4, -0.2) is 5.91 Å². The molecule has 1 atom stereocenters. The number of anilines is 1. The fourth-order valence-corrected chi connectivity index (χ4v) is 1.38. The molecule has 0 fully saturated rings. The molecule has 0 spiro atoms. The van der Waals surface area contributed by atoms with Crippen LogP contribution in [0.4, 0.5) is 5.69 Å². The number of hydrogen-bond donors (Lipinski definition) is 1. The average molecular weight is 238 g/mol. The maximum absolute atomic E-state index is 11.6. The largest absolute Gasteiger partial charge is 0.325 e. The lowest BCUT2D eigenvalue weighted by molar-refractivity contribution is -0.118. The van der Waals surface area contributed by atoms with Crippen molar-refractivity contribution in [1.29, 1.82) is 15.8 Å². The summed E-state index contributed by atoms with van der Waals surface area (Å²) in [7, 11) is 0. The Morgan fingerprint density at radius 1 is 1.28 bits per heavy atom. The van der Waals surface area contributed by atoms with Gasteiger partial charge in [0.05, 0.1) is 17.2 Å². The highest BCUT2D eigenvalue weighted by Crippen LogP contribution is 2.16. The summed E-state index contributed by atoms with van der Waals surface area (Å²) in [5.74, 6) is -1.13. The topological polar surface area (TPSA) is 100 Å². The van der Waals surface area contributed by atoms with E-state index in [0.29, 0.717) is 12.1 Å². The van der Waals surface area contributed by atoms with E-state index in [1.165, 1.54) is 18.2 Å². The maximum Gasteiger partial charge on any atom is 0.241 e. The lowest BCUT2D eigenvalue weighted by Gasteiger charge is -2.08. The highest BCUT2D eigenvalue weighted by Gasteiger charge is 2.15. The molecule has 88 valence electrons. The molecule has 1 unspecified atom stereocenters. The van der Waals surface area contributed by atoms with Crippen molar-refractivity contribution in [2.45, 2.75) is 13.3 Å². The van der Waals surface area contributed by atoms with Gasteiger partial charge in [-0.15, -0.1) is 0 Å². The van der Waals surface area contributed by atoms with E-state index in [1.54, 1.807) is 6.92 Å². The van der Waals surface area contributed by atoms with Crippen molar-refractivity contribution in [2.24, 2.45) is 5.92 Å². The monoisotopic (exact) mass is 238 g/mol. The Kier molecular flexibility index (Phi) is 4.43. The second-order valence-corrected chi connectivity index (χ2v) is 3.56. The normalized spacial score (nSPS) is 10.6. The molecule has 5 nitrogen and oxygen atoms in total. The minimum Gasteiger partial charge on any atom is -0.325 e. The van der Waals surface area contributed by atoms with Gasteiger partial charge in [-0.1, -0.05) is 6.92 Å². The second kappa shape index (κ2) is 6.03. The predicted molar refractivity (Wildman–Crippen MR) is 63.9 cm³/mol. The molecule has 0 aliphatic rings. The van der Waals surface area contributed by atoms with Crippen LogP contribution in [0.25, 0.3) is 0 Å². The number of nitrogens with zero attached hydrogens (tertiary/aromatic N) is 3. The van der Waals surface area contributed by atoms with Crippen LogP contribution in [0.15, 0.2) is 18.2 Å². The van der Waals surface area contributed by atoms with Crippen molar-refractivity contribution >= 4 is 11.6 Å². The summed E-state index contributed by atoms with van der Waals surface area (Å²) in [6, 6.07) is 10.1. The van der Waals surface area contributed by atoms with E-state index in [2.05, 4.69) is 5.32 Å². The van der Waals surface area contributed by atoms with Gasteiger partial charge >= 0.3 is 0 Å². The molecule has 0 saturated carbocycles. The number of carbonyl (C=O) groups is 1. The molecule has 0 saturated heterocycles. The Balaban J connectivity index is 2.95. The van der Waals surface area contributed by atoms with Crippen LogP contribution >= 0.6 is 0 Å². The maximum atomic E-state index is 11.6. The summed E-state index contributed by atoms with van der Waals surface area (Å²) in [5.41, 5.74) is 0.854. The first-order valence-corrected chi connectivity index (χ1v) is 5.31. The molecule has 0 aliphatic carbocycles. The van der Waals surface area contributed by atoms with Crippen molar-refractivity contribution < 1.29 is 4.79 Å². The smallest absolute Gasteiger partial charge is 0.241 e. The first-order chi connectivity index (χ1) is 8.65. The van der Waals surface area contributed by atoms with Gasteiger partial charge in [-0.25, -0.2) is 0 Å². The minimum atomic E-state index is -0.717. The van der Waals surface area contributed by atoms with E-state index in [9.17, 15) is 4.79 Å². The van der Waals surface area contributed by atoms with Crippen molar-refractivity contribution in [3.05, 3.63) is 29.3 Å². The SMILES string of the molecule is CCC(C#N)C(=O)Nc1ccc(C#N)c(C#N)c1. The molecule has 1 amide bonds. The number of nitrogens with one attached hydrogen (secondary N) is 1. The van der Waals surface area contributed by atoms with Gasteiger partial charge in [-0.3, -0.25) is 4.79 Å². The molecule has 1 aromatic carbocycles. The van der Waals surface area contributed by atoms with Crippen molar-refractivity contribution in [3.63, 3.8) is 0 Å². The molecular weight excluding hydrogens is 228 g/mol. The summed E-state index contributed by atoms with van der Waals surface area (Å²) >= 11 is 0. The van der Waals surface area contributed by atoms with E-state index in [-0.39, 0.29) is 11.1 Å². The first-order valence-electron chi connectivity index (χ1n) is 5.31. The van der Waals surface area contributed by atoms with E-state index in [1.807, 2.05) is 18.2 Å². The van der Waals surface area contributed by atoms with Crippen molar-refractivity contribution in [3.8, 4) is 18.2 Å². The lowest BCUT2D eigenvalue weighted by atomic mass is 10.1. The molecule has 5 heteroatoms. The van der Waals surface area contributed by atoms with Gasteiger partial charge in [0, 0.05) is 5.69 Å². The molecule has 1 rings (SSSR count). The molecular formula is C13H10N4O. The quantitative estimate of drug-likeness (QED) is 0.869.